The zero-order chi connectivity index (χ0) is 13.7. The summed E-state index contributed by atoms with van der Waals surface area (Å²) >= 11 is 0. The van der Waals surface area contributed by atoms with E-state index >= 15 is 0 Å². The number of rotatable bonds is 5. The minimum atomic E-state index is -0.0166. The molecule has 2 N–H and O–H groups in total. The maximum Gasteiger partial charge on any atom is 0.161 e. The zero-order valence-electron chi connectivity index (χ0n) is 11.3. The smallest absolute Gasteiger partial charge is 0.161 e. The third-order valence-electron chi connectivity index (χ3n) is 2.95. The molecule has 0 radical (unpaired) electrons. The molecule has 0 saturated heterocycles. The van der Waals surface area contributed by atoms with Crippen molar-refractivity contribution in [3.8, 4) is 11.5 Å². The van der Waals surface area contributed by atoms with Crippen molar-refractivity contribution in [2.24, 2.45) is 5.73 Å². The van der Waals surface area contributed by atoms with E-state index in [-0.39, 0.29) is 6.04 Å². The first-order valence-electron chi connectivity index (χ1n) is 6.31. The maximum atomic E-state index is 5.86. The third-order valence-corrected chi connectivity index (χ3v) is 2.95. The lowest BCUT2D eigenvalue weighted by molar-refractivity contribution is 0.284. The number of ether oxygens (including phenoxy) is 2. The summed E-state index contributed by atoms with van der Waals surface area (Å²) in [4.78, 5) is 0. The lowest BCUT2D eigenvalue weighted by atomic mass is 10.1. The summed E-state index contributed by atoms with van der Waals surface area (Å²) in [6.45, 7) is 2.47. The van der Waals surface area contributed by atoms with Gasteiger partial charge in [0.15, 0.2) is 11.5 Å². The molecule has 1 atom stereocenters. The van der Waals surface area contributed by atoms with E-state index in [4.69, 9.17) is 15.2 Å². The van der Waals surface area contributed by atoms with E-state index in [1.807, 2.05) is 55.5 Å². The minimum absolute atomic E-state index is 0.0166. The van der Waals surface area contributed by atoms with Gasteiger partial charge in [0.1, 0.15) is 6.61 Å². The fourth-order valence-electron chi connectivity index (χ4n) is 1.82. The molecule has 0 amide bonds. The van der Waals surface area contributed by atoms with E-state index in [0.717, 1.165) is 16.9 Å². The first kappa shape index (κ1) is 13.4. The van der Waals surface area contributed by atoms with Crippen LogP contribution in [-0.2, 0) is 6.61 Å². The molecule has 3 nitrogen and oxygen atoms in total. The SMILES string of the molecule is COc1cc(C(C)N)ccc1OCc1ccccc1. The molecule has 2 aromatic rings. The van der Waals surface area contributed by atoms with Crippen LogP contribution in [0.2, 0.25) is 0 Å². The Balaban J connectivity index is 2.12. The van der Waals surface area contributed by atoms with Crippen molar-refractivity contribution >= 4 is 0 Å². The fourth-order valence-corrected chi connectivity index (χ4v) is 1.82. The summed E-state index contributed by atoms with van der Waals surface area (Å²) in [6, 6.07) is 15.8. The van der Waals surface area contributed by atoms with Gasteiger partial charge in [-0.05, 0) is 30.2 Å². The Bertz CT molecular complexity index is 524. The van der Waals surface area contributed by atoms with Crippen molar-refractivity contribution < 1.29 is 9.47 Å². The molecule has 0 aliphatic carbocycles. The average molecular weight is 257 g/mol. The highest BCUT2D eigenvalue weighted by Gasteiger charge is 2.08. The van der Waals surface area contributed by atoms with Gasteiger partial charge in [0.25, 0.3) is 0 Å². The molecule has 0 saturated carbocycles. The second-order valence-electron chi connectivity index (χ2n) is 4.47. The van der Waals surface area contributed by atoms with Gasteiger partial charge < -0.3 is 15.2 Å². The maximum absolute atomic E-state index is 5.86. The monoisotopic (exact) mass is 257 g/mol. The highest BCUT2D eigenvalue weighted by atomic mass is 16.5. The van der Waals surface area contributed by atoms with Crippen LogP contribution in [0.15, 0.2) is 48.5 Å². The second kappa shape index (κ2) is 6.25. The molecule has 2 aromatic carbocycles. The van der Waals surface area contributed by atoms with Crippen LogP contribution in [0.4, 0.5) is 0 Å². The highest BCUT2D eigenvalue weighted by molar-refractivity contribution is 5.43. The van der Waals surface area contributed by atoms with E-state index in [1.54, 1.807) is 7.11 Å². The van der Waals surface area contributed by atoms with Crippen molar-refractivity contribution in [1.29, 1.82) is 0 Å². The molecule has 0 aliphatic heterocycles. The van der Waals surface area contributed by atoms with Crippen LogP contribution in [0, 0.1) is 0 Å². The Kier molecular flexibility index (Phi) is 4.42. The molecular weight excluding hydrogens is 238 g/mol. The van der Waals surface area contributed by atoms with Crippen LogP contribution >= 0.6 is 0 Å². The number of hydrogen-bond donors (Lipinski definition) is 1. The predicted octanol–water partition coefficient (Wildman–Crippen LogP) is 3.29. The first-order chi connectivity index (χ1) is 9.20. The lowest BCUT2D eigenvalue weighted by Gasteiger charge is -2.13. The summed E-state index contributed by atoms with van der Waals surface area (Å²) in [5, 5.41) is 0. The zero-order valence-corrected chi connectivity index (χ0v) is 11.3. The van der Waals surface area contributed by atoms with Gasteiger partial charge in [-0.1, -0.05) is 36.4 Å². The second-order valence-corrected chi connectivity index (χ2v) is 4.47. The summed E-state index contributed by atoms with van der Waals surface area (Å²) in [7, 11) is 1.63. The lowest BCUT2D eigenvalue weighted by Crippen LogP contribution is -2.05. The van der Waals surface area contributed by atoms with Crippen molar-refractivity contribution in [2.75, 3.05) is 7.11 Å². The van der Waals surface area contributed by atoms with Gasteiger partial charge in [0.2, 0.25) is 0 Å². The highest BCUT2D eigenvalue weighted by Crippen LogP contribution is 2.30. The summed E-state index contributed by atoms with van der Waals surface area (Å²) < 4.78 is 11.1. The predicted molar refractivity (Wildman–Crippen MR) is 76.4 cm³/mol. The molecule has 0 heterocycles. The van der Waals surface area contributed by atoms with E-state index < -0.39 is 0 Å². The number of nitrogens with two attached hydrogens (primary N) is 1. The van der Waals surface area contributed by atoms with E-state index in [1.165, 1.54) is 0 Å². The largest absolute Gasteiger partial charge is 0.493 e. The van der Waals surface area contributed by atoms with Gasteiger partial charge in [0, 0.05) is 6.04 Å². The quantitative estimate of drug-likeness (QED) is 0.893. The van der Waals surface area contributed by atoms with Gasteiger partial charge in [-0.2, -0.15) is 0 Å². The van der Waals surface area contributed by atoms with Crippen LogP contribution in [-0.4, -0.2) is 7.11 Å². The Morgan fingerprint density at radius 2 is 1.79 bits per heavy atom. The van der Waals surface area contributed by atoms with E-state index in [9.17, 15) is 0 Å². The molecule has 100 valence electrons. The molecule has 3 heteroatoms. The third kappa shape index (κ3) is 3.48. The molecule has 19 heavy (non-hydrogen) atoms. The number of hydrogen-bond acceptors (Lipinski definition) is 3. The molecule has 1 unspecified atom stereocenters. The molecule has 0 bridgehead atoms. The standard InChI is InChI=1S/C16H19NO2/c1-12(17)14-8-9-15(16(10-14)18-2)19-11-13-6-4-3-5-7-13/h3-10,12H,11,17H2,1-2H3. The molecule has 0 aromatic heterocycles. The Morgan fingerprint density at radius 3 is 2.42 bits per heavy atom. The molecule has 2 rings (SSSR count). The van der Waals surface area contributed by atoms with Crippen LogP contribution in [0.3, 0.4) is 0 Å². The molecule has 0 aliphatic rings. The van der Waals surface area contributed by atoms with Gasteiger partial charge >= 0.3 is 0 Å². The molecular formula is C16H19NO2. The van der Waals surface area contributed by atoms with E-state index in [0.29, 0.717) is 12.4 Å². The van der Waals surface area contributed by atoms with Crippen molar-refractivity contribution in [3.63, 3.8) is 0 Å². The summed E-state index contributed by atoms with van der Waals surface area (Å²) in [5.74, 6) is 1.45. The Hall–Kier alpha value is -2.00. The van der Waals surface area contributed by atoms with Crippen molar-refractivity contribution in [1.82, 2.24) is 0 Å². The van der Waals surface area contributed by atoms with E-state index in [2.05, 4.69) is 0 Å². The van der Waals surface area contributed by atoms with Gasteiger partial charge in [0.05, 0.1) is 7.11 Å². The summed E-state index contributed by atoms with van der Waals surface area (Å²) in [6.07, 6.45) is 0. The fraction of sp³-hybridized carbons (Fsp3) is 0.250. The van der Waals surface area contributed by atoms with Crippen molar-refractivity contribution in [2.45, 2.75) is 19.6 Å². The number of benzene rings is 2. The summed E-state index contributed by atoms with van der Waals surface area (Å²) in [5.41, 5.74) is 8.01. The first-order valence-corrected chi connectivity index (χ1v) is 6.31. The van der Waals surface area contributed by atoms with Crippen LogP contribution in [0.1, 0.15) is 24.1 Å². The van der Waals surface area contributed by atoms with Crippen LogP contribution in [0.5, 0.6) is 11.5 Å². The van der Waals surface area contributed by atoms with Gasteiger partial charge in [-0.25, -0.2) is 0 Å². The normalized spacial score (nSPS) is 11.9. The minimum Gasteiger partial charge on any atom is -0.493 e. The molecule has 0 fully saturated rings. The Morgan fingerprint density at radius 1 is 1.05 bits per heavy atom. The van der Waals surface area contributed by atoms with Crippen LogP contribution < -0.4 is 15.2 Å². The Labute approximate surface area is 114 Å². The average Bonchev–Trinajstić information content (AvgIpc) is 2.45. The van der Waals surface area contributed by atoms with Gasteiger partial charge in [-0.15, -0.1) is 0 Å². The number of methoxy groups -OCH3 is 1. The molecule has 0 spiro atoms. The van der Waals surface area contributed by atoms with Crippen LogP contribution in [0.25, 0.3) is 0 Å². The topological polar surface area (TPSA) is 44.5 Å². The van der Waals surface area contributed by atoms with Crippen molar-refractivity contribution in [3.05, 3.63) is 59.7 Å². The van der Waals surface area contributed by atoms with Gasteiger partial charge in [-0.3, -0.25) is 0 Å².